The highest BCUT2D eigenvalue weighted by molar-refractivity contribution is 5.53. The van der Waals surface area contributed by atoms with Gasteiger partial charge < -0.3 is 4.79 Å². The van der Waals surface area contributed by atoms with E-state index in [4.69, 9.17) is 5.26 Å². The van der Waals surface area contributed by atoms with Crippen LogP contribution in [-0.2, 0) is 4.79 Å². The van der Waals surface area contributed by atoms with Crippen LogP contribution in [0, 0.1) is 17.2 Å². The van der Waals surface area contributed by atoms with Gasteiger partial charge in [-0.2, -0.15) is 5.26 Å². The van der Waals surface area contributed by atoms with Crippen LogP contribution in [-0.4, -0.2) is 6.29 Å². The Labute approximate surface area is 49.1 Å². The molecule has 0 N–H and O–H groups in total. The van der Waals surface area contributed by atoms with Crippen molar-refractivity contribution in [2.45, 2.75) is 19.8 Å². The van der Waals surface area contributed by atoms with E-state index in [1.807, 2.05) is 13.0 Å². The Morgan fingerprint density at radius 2 is 2.50 bits per heavy atom. The van der Waals surface area contributed by atoms with Crippen LogP contribution in [0.15, 0.2) is 0 Å². The number of aldehydes is 1. The topological polar surface area (TPSA) is 40.9 Å². The first kappa shape index (κ1) is 7.16. The molecule has 0 aliphatic heterocycles. The van der Waals surface area contributed by atoms with Gasteiger partial charge in [-0.25, -0.2) is 0 Å². The molecule has 0 heterocycles. The first-order valence-corrected chi connectivity index (χ1v) is 2.67. The van der Waals surface area contributed by atoms with E-state index in [2.05, 4.69) is 0 Å². The van der Waals surface area contributed by atoms with Crippen molar-refractivity contribution in [3.05, 3.63) is 0 Å². The first-order valence-electron chi connectivity index (χ1n) is 2.67. The molecule has 1 atom stereocenters. The molecule has 0 amide bonds. The van der Waals surface area contributed by atoms with Crippen LogP contribution >= 0.6 is 0 Å². The molecule has 0 aromatic rings. The van der Waals surface area contributed by atoms with E-state index >= 15 is 0 Å². The molecule has 0 saturated heterocycles. The molecule has 0 aliphatic rings. The molecule has 0 aliphatic carbocycles. The summed E-state index contributed by atoms with van der Waals surface area (Å²) in [5.41, 5.74) is 0. The van der Waals surface area contributed by atoms with Gasteiger partial charge in [-0.05, 0) is 6.42 Å². The summed E-state index contributed by atoms with van der Waals surface area (Å²) < 4.78 is 0. The van der Waals surface area contributed by atoms with Crippen LogP contribution in [0.1, 0.15) is 19.8 Å². The molecule has 0 rings (SSSR count). The molecule has 0 saturated carbocycles. The smallest absolute Gasteiger partial charge is 0.124 e. The lowest BCUT2D eigenvalue weighted by Crippen LogP contribution is -1.96. The van der Waals surface area contributed by atoms with Crippen molar-refractivity contribution in [1.29, 1.82) is 5.26 Å². The lowest BCUT2D eigenvalue weighted by molar-refractivity contribution is -0.111. The Morgan fingerprint density at radius 3 is 2.62 bits per heavy atom. The predicted octanol–water partition coefficient (Wildman–Crippen LogP) is 1.13. The second-order valence-electron chi connectivity index (χ2n) is 1.67. The highest BCUT2D eigenvalue weighted by Gasteiger charge is 2.00. The third-order valence-corrected chi connectivity index (χ3v) is 1.07. The maximum Gasteiger partial charge on any atom is 0.124 e. The maximum atomic E-state index is 9.97. The van der Waals surface area contributed by atoms with Crippen molar-refractivity contribution >= 4 is 6.29 Å². The Hall–Kier alpha value is -0.840. The molecule has 2 heteroatoms. The van der Waals surface area contributed by atoms with Gasteiger partial charge in [0.2, 0.25) is 0 Å². The van der Waals surface area contributed by atoms with E-state index in [-0.39, 0.29) is 5.92 Å². The minimum absolute atomic E-state index is 0.0417. The molecule has 0 spiro atoms. The molecule has 2 nitrogen and oxygen atoms in total. The number of nitriles is 1. The summed E-state index contributed by atoms with van der Waals surface area (Å²) in [7, 11) is 0. The third kappa shape index (κ3) is 2.35. The average molecular weight is 111 g/mol. The van der Waals surface area contributed by atoms with Crippen molar-refractivity contribution in [2.75, 3.05) is 0 Å². The average Bonchev–Trinajstić information content (AvgIpc) is 1.83. The van der Waals surface area contributed by atoms with Gasteiger partial charge in [0.05, 0.1) is 6.07 Å². The van der Waals surface area contributed by atoms with Crippen LogP contribution < -0.4 is 0 Å². The number of hydrogen-bond acceptors (Lipinski definition) is 2. The van der Waals surface area contributed by atoms with Gasteiger partial charge in [0.1, 0.15) is 6.29 Å². The molecule has 0 radical (unpaired) electrons. The molecule has 44 valence electrons. The van der Waals surface area contributed by atoms with E-state index in [1.54, 1.807) is 0 Å². The number of carbonyl (C=O) groups excluding carboxylic acids is 1. The van der Waals surface area contributed by atoms with Gasteiger partial charge >= 0.3 is 0 Å². The number of nitrogens with zero attached hydrogens (tertiary/aromatic N) is 1. The molecular weight excluding hydrogens is 102 g/mol. The molecule has 8 heavy (non-hydrogen) atoms. The normalized spacial score (nSPS) is 12.0. The van der Waals surface area contributed by atoms with Crippen LogP contribution in [0.3, 0.4) is 0 Å². The molecule has 0 aromatic heterocycles. The van der Waals surface area contributed by atoms with Crippen molar-refractivity contribution in [3.8, 4) is 6.07 Å². The van der Waals surface area contributed by atoms with Crippen molar-refractivity contribution in [2.24, 2.45) is 5.92 Å². The summed E-state index contributed by atoms with van der Waals surface area (Å²) in [4.78, 5) is 9.97. The Morgan fingerprint density at radius 1 is 1.88 bits per heavy atom. The lowest BCUT2D eigenvalue weighted by atomic mass is 10.1. The number of carbonyl (C=O) groups is 1. The largest absolute Gasteiger partial charge is 0.303 e. The first-order chi connectivity index (χ1) is 3.85. The van der Waals surface area contributed by atoms with E-state index in [0.717, 1.165) is 12.7 Å². The summed E-state index contributed by atoms with van der Waals surface area (Å²) in [6.07, 6.45) is 1.97. The third-order valence-electron chi connectivity index (χ3n) is 1.07. The minimum atomic E-state index is -0.0417. The van der Waals surface area contributed by atoms with Gasteiger partial charge in [-0.1, -0.05) is 6.92 Å². The lowest BCUT2D eigenvalue weighted by Gasteiger charge is -1.95. The fourth-order valence-electron chi connectivity index (χ4n) is 0.406. The maximum absolute atomic E-state index is 9.97. The molecule has 0 fully saturated rings. The predicted molar refractivity (Wildman–Crippen MR) is 30.1 cm³/mol. The van der Waals surface area contributed by atoms with E-state index in [9.17, 15) is 4.79 Å². The van der Waals surface area contributed by atoms with Gasteiger partial charge in [0.25, 0.3) is 0 Å². The standard InChI is InChI=1S/C6H9NO/c1-2-6(5-8)3-4-7/h5-6H,2-3H2,1H3. The molecule has 1 unspecified atom stereocenters. The summed E-state index contributed by atoms with van der Waals surface area (Å²) >= 11 is 0. The van der Waals surface area contributed by atoms with Gasteiger partial charge in [-0.15, -0.1) is 0 Å². The monoisotopic (exact) mass is 111 g/mol. The second kappa shape index (κ2) is 4.32. The Balaban J connectivity index is 3.40. The van der Waals surface area contributed by atoms with Crippen molar-refractivity contribution in [3.63, 3.8) is 0 Å². The van der Waals surface area contributed by atoms with E-state index in [0.29, 0.717) is 6.42 Å². The zero-order valence-electron chi connectivity index (χ0n) is 4.92. The van der Waals surface area contributed by atoms with Crippen LogP contribution in [0.4, 0.5) is 0 Å². The van der Waals surface area contributed by atoms with Crippen molar-refractivity contribution in [1.82, 2.24) is 0 Å². The second-order valence-corrected chi connectivity index (χ2v) is 1.67. The summed E-state index contributed by atoms with van der Waals surface area (Å²) in [5.74, 6) is -0.0417. The van der Waals surface area contributed by atoms with Crippen LogP contribution in [0.2, 0.25) is 0 Å². The fraction of sp³-hybridized carbons (Fsp3) is 0.667. The van der Waals surface area contributed by atoms with E-state index in [1.165, 1.54) is 0 Å². The Kier molecular flexibility index (Phi) is 3.87. The van der Waals surface area contributed by atoms with Crippen molar-refractivity contribution < 1.29 is 4.79 Å². The quantitative estimate of drug-likeness (QED) is 0.512. The van der Waals surface area contributed by atoms with Gasteiger partial charge in [-0.3, -0.25) is 0 Å². The SMILES string of the molecule is CCC(C=O)CC#N. The van der Waals surface area contributed by atoms with Crippen LogP contribution in [0.5, 0.6) is 0 Å². The fourth-order valence-corrected chi connectivity index (χ4v) is 0.406. The molecule has 0 bridgehead atoms. The van der Waals surface area contributed by atoms with E-state index < -0.39 is 0 Å². The number of hydrogen-bond donors (Lipinski definition) is 0. The summed E-state index contributed by atoms with van der Waals surface area (Å²) in [6.45, 7) is 1.90. The van der Waals surface area contributed by atoms with Crippen LogP contribution in [0.25, 0.3) is 0 Å². The minimum Gasteiger partial charge on any atom is -0.303 e. The van der Waals surface area contributed by atoms with Gasteiger partial charge in [0.15, 0.2) is 0 Å². The molecular formula is C6H9NO. The molecule has 0 aromatic carbocycles. The zero-order valence-corrected chi connectivity index (χ0v) is 4.92. The Bertz CT molecular complexity index is 104. The number of rotatable bonds is 3. The van der Waals surface area contributed by atoms with Gasteiger partial charge in [0, 0.05) is 12.3 Å². The zero-order chi connectivity index (χ0) is 6.41. The highest BCUT2D eigenvalue weighted by atomic mass is 16.1. The highest BCUT2D eigenvalue weighted by Crippen LogP contribution is 2.01. The summed E-state index contributed by atoms with van der Waals surface area (Å²) in [6, 6.07) is 1.94. The summed E-state index contributed by atoms with van der Waals surface area (Å²) in [5, 5.41) is 8.09.